The summed E-state index contributed by atoms with van der Waals surface area (Å²) in [5.41, 5.74) is 11.6. The molecule has 25 heavy (non-hydrogen) atoms. The van der Waals surface area contributed by atoms with Crippen LogP contribution in [0.1, 0.15) is 40.2 Å². The molecule has 1 aliphatic heterocycles. The molecule has 0 saturated heterocycles. The van der Waals surface area contributed by atoms with Crippen LogP contribution in [0.4, 0.5) is 5.69 Å². The van der Waals surface area contributed by atoms with Crippen LogP contribution in [-0.2, 0) is 22.7 Å². The van der Waals surface area contributed by atoms with Crippen molar-refractivity contribution in [3.8, 4) is 0 Å². The number of benzene rings is 2. The molecule has 2 aromatic carbocycles. The third-order valence-electron chi connectivity index (χ3n) is 4.59. The molecule has 5 heteroatoms. The first-order chi connectivity index (χ1) is 12.0. The monoisotopic (exact) mass is 337 g/mol. The topological polar surface area (TPSA) is 84.2 Å². The van der Waals surface area contributed by atoms with Crippen molar-refractivity contribution in [2.45, 2.75) is 39.3 Å². The maximum Gasteiger partial charge on any atom is 0.232 e. The van der Waals surface area contributed by atoms with Gasteiger partial charge in [-0.2, -0.15) is 0 Å². The normalized spacial score (nSPS) is 15.6. The number of carbonyl (C=O) groups is 2. The van der Waals surface area contributed by atoms with Crippen LogP contribution >= 0.6 is 0 Å². The van der Waals surface area contributed by atoms with Crippen molar-refractivity contribution in [1.82, 2.24) is 5.32 Å². The van der Waals surface area contributed by atoms with Gasteiger partial charge in [-0.05, 0) is 47.7 Å². The van der Waals surface area contributed by atoms with E-state index in [4.69, 9.17) is 5.73 Å². The Morgan fingerprint density at radius 2 is 1.84 bits per heavy atom. The van der Waals surface area contributed by atoms with Crippen LogP contribution in [0.15, 0.2) is 36.4 Å². The molecule has 0 aromatic heterocycles. The Balaban J connectivity index is 1.64. The molecule has 5 nitrogen and oxygen atoms in total. The fraction of sp³-hybridized carbons (Fsp3) is 0.300. The summed E-state index contributed by atoms with van der Waals surface area (Å²) in [4.78, 5) is 24.6. The third-order valence-corrected chi connectivity index (χ3v) is 4.59. The van der Waals surface area contributed by atoms with Gasteiger partial charge in [-0.3, -0.25) is 9.59 Å². The number of rotatable bonds is 5. The van der Waals surface area contributed by atoms with E-state index in [1.807, 2.05) is 50.2 Å². The summed E-state index contributed by atoms with van der Waals surface area (Å²) in [5, 5.41) is 5.79. The summed E-state index contributed by atoms with van der Waals surface area (Å²) in [6.07, 6.45) is 0.156. The maximum atomic E-state index is 12.3. The van der Waals surface area contributed by atoms with Crippen molar-refractivity contribution in [2.24, 2.45) is 5.73 Å². The average Bonchev–Trinajstić information content (AvgIpc) is 2.89. The lowest BCUT2D eigenvalue weighted by Gasteiger charge is -2.12. The van der Waals surface area contributed by atoms with E-state index in [1.54, 1.807) is 0 Å². The van der Waals surface area contributed by atoms with Crippen LogP contribution in [-0.4, -0.2) is 11.8 Å². The van der Waals surface area contributed by atoms with Crippen molar-refractivity contribution in [2.75, 3.05) is 5.32 Å². The minimum absolute atomic E-state index is 0.105. The average molecular weight is 337 g/mol. The molecule has 0 spiro atoms. The second-order valence-electron chi connectivity index (χ2n) is 6.59. The van der Waals surface area contributed by atoms with Gasteiger partial charge in [0.15, 0.2) is 0 Å². The summed E-state index contributed by atoms with van der Waals surface area (Å²) < 4.78 is 0. The fourth-order valence-corrected chi connectivity index (χ4v) is 3.34. The Bertz CT molecular complexity index is 812. The van der Waals surface area contributed by atoms with E-state index >= 15 is 0 Å². The molecule has 4 N–H and O–H groups in total. The molecule has 0 saturated carbocycles. The molecule has 0 radical (unpaired) electrons. The van der Waals surface area contributed by atoms with Crippen LogP contribution in [0.3, 0.4) is 0 Å². The largest absolute Gasteiger partial charge is 0.352 e. The third kappa shape index (κ3) is 3.72. The number of hydrogen-bond donors (Lipinski definition) is 3. The fourth-order valence-electron chi connectivity index (χ4n) is 3.34. The van der Waals surface area contributed by atoms with Crippen LogP contribution in [0.25, 0.3) is 0 Å². The van der Waals surface area contributed by atoms with Gasteiger partial charge in [-0.25, -0.2) is 0 Å². The van der Waals surface area contributed by atoms with E-state index in [0.29, 0.717) is 13.1 Å². The number of hydrogen-bond acceptors (Lipinski definition) is 3. The predicted octanol–water partition coefficient (Wildman–Crippen LogP) is 2.50. The van der Waals surface area contributed by atoms with E-state index < -0.39 is 5.92 Å². The first kappa shape index (κ1) is 17.2. The molecule has 0 fully saturated rings. The maximum absolute atomic E-state index is 12.3. The first-order valence-electron chi connectivity index (χ1n) is 8.44. The van der Waals surface area contributed by atoms with Crippen LogP contribution in [0.2, 0.25) is 0 Å². The molecule has 3 rings (SSSR count). The van der Waals surface area contributed by atoms with E-state index in [2.05, 4.69) is 10.6 Å². The Hall–Kier alpha value is -2.66. The number of fused-ring (bicyclic) bond motifs is 1. The van der Waals surface area contributed by atoms with Gasteiger partial charge in [-0.1, -0.05) is 30.3 Å². The number of carbonyl (C=O) groups excluding carboxylic acids is 2. The van der Waals surface area contributed by atoms with Crippen LogP contribution in [0, 0.1) is 13.8 Å². The molecule has 0 bridgehead atoms. The lowest BCUT2D eigenvalue weighted by Crippen LogP contribution is -2.26. The summed E-state index contributed by atoms with van der Waals surface area (Å²) >= 11 is 0. The first-order valence-corrected chi connectivity index (χ1v) is 8.44. The van der Waals surface area contributed by atoms with E-state index in [0.717, 1.165) is 33.5 Å². The summed E-state index contributed by atoms with van der Waals surface area (Å²) in [6.45, 7) is 4.92. The van der Waals surface area contributed by atoms with Crippen molar-refractivity contribution in [3.05, 3.63) is 64.2 Å². The number of aryl methyl sites for hydroxylation is 2. The second-order valence-corrected chi connectivity index (χ2v) is 6.59. The second kappa shape index (κ2) is 7.07. The SMILES string of the molecule is Cc1cc(C)c2c(c1)NC(=O)[C@@H]2CC(=O)NCc1ccc(CN)cc1. The number of amides is 2. The van der Waals surface area contributed by atoms with Gasteiger partial charge in [0.25, 0.3) is 0 Å². The van der Waals surface area contributed by atoms with E-state index in [-0.39, 0.29) is 18.2 Å². The quantitative estimate of drug-likeness (QED) is 0.784. The van der Waals surface area contributed by atoms with E-state index in [9.17, 15) is 9.59 Å². The van der Waals surface area contributed by atoms with Gasteiger partial charge in [0.1, 0.15) is 0 Å². The molecule has 1 aliphatic rings. The Kier molecular flexibility index (Phi) is 4.86. The van der Waals surface area contributed by atoms with Crippen molar-refractivity contribution in [1.29, 1.82) is 0 Å². The molecule has 0 unspecified atom stereocenters. The van der Waals surface area contributed by atoms with Crippen molar-refractivity contribution >= 4 is 17.5 Å². The van der Waals surface area contributed by atoms with Crippen LogP contribution < -0.4 is 16.4 Å². The highest BCUT2D eigenvalue weighted by Gasteiger charge is 2.33. The smallest absolute Gasteiger partial charge is 0.232 e. The molecule has 2 amide bonds. The summed E-state index contributed by atoms with van der Waals surface area (Å²) in [6, 6.07) is 11.8. The summed E-state index contributed by atoms with van der Waals surface area (Å²) in [5.74, 6) is -0.655. The zero-order valence-corrected chi connectivity index (χ0v) is 14.6. The minimum Gasteiger partial charge on any atom is -0.352 e. The highest BCUT2D eigenvalue weighted by molar-refractivity contribution is 6.05. The number of nitrogens with one attached hydrogen (secondary N) is 2. The number of nitrogens with two attached hydrogens (primary N) is 1. The highest BCUT2D eigenvalue weighted by Crippen LogP contribution is 2.37. The van der Waals surface area contributed by atoms with Gasteiger partial charge >= 0.3 is 0 Å². The summed E-state index contributed by atoms with van der Waals surface area (Å²) in [7, 11) is 0. The predicted molar refractivity (Wildman–Crippen MR) is 98.1 cm³/mol. The van der Waals surface area contributed by atoms with E-state index in [1.165, 1.54) is 0 Å². The molecule has 130 valence electrons. The van der Waals surface area contributed by atoms with Crippen molar-refractivity contribution < 1.29 is 9.59 Å². The molecule has 2 aromatic rings. The molecule has 1 atom stereocenters. The van der Waals surface area contributed by atoms with Gasteiger partial charge in [0.2, 0.25) is 11.8 Å². The molecule has 1 heterocycles. The van der Waals surface area contributed by atoms with Gasteiger partial charge in [-0.15, -0.1) is 0 Å². The lowest BCUT2D eigenvalue weighted by molar-refractivity contribution is -0.125. The Morgan fingerprint density at radius 3 is 2.52 bits per heavy atom. The zero-order chi connectivity index (χ0) is 18.0. The van der Waals surface area contributed by atoms with Gasteiger partial charge in [0, 0.05) is 25.2 Å². The van der Waals surface area contributed by atoms with Crippen LogP contribution in [0.5, 0.6) is 0 Å². The van der Waals surface area contributed by atoms with Gasteiger partial charge in [0.05, 0.1) is 5.92 Å². The van der Waals surface area contributed by atoms with Gasteiger partial charge < -0.3 is 16.4 Å². The zero-order valence-electron chi connectivity index (χ0n) is 14.6. The molecular formula is C20H23N3O2. The molecule has 0 aliphatic carbocycles. The lowest BCUT2D eigenvalue weighted by atomic mass is 9.92. The standard InChI is InChI=1S/C20H23N3O2/c1-12-7-13(2)19-16(20(25)23-17(19)8-12)9-18(24)22-11-15-5-3-14(10-21)4-6-15/h3-8,16H,9-11,21H2,1-2H3,(H,22,24)(H,23,25)/t16-/m1/s1. The van der Waals surface area contributed by atoms with Crippen molar-refractivity contribution in [3.63, 3.8) is 0 Å². The number of anilines is 1. The molecular weight excluding hydrogens is 314 g/mol. The Morgan fingerprint density at radius 1 is 1.16 bits per heavy atom. The Labute approximate surface area is 147 Å². The minimum atomic E-state index is -0.421. The highest BCUT2D eigenvalue weighted by atomic mass is 16.2.